The van der Waals surface area contributed by atoms with Crippen molar-refractivity contribution < 1.29 is 4.39 Å². The molecule has 0 aromatic heterocycles. The highest BCUT2D eigenvalue weighted by Gasteiger charge is 2.23. The second kappa shape index (κ2) is 6.13. The van der Waals surface area contributed by atoms with Crippen LogP contribution in [0.25, 0.3) is 5.57 Å². The van der Waals surface area contributed by atoms with Gasteiger partial charge < -0.3 is 4.90 Å². The van der Waals surface area contributed by atoms with E-state index < -0.39 is 0 Å². The Balaban J connectivity index is 1.66. The summed E-state index contributed by atoms with van der Waals surface area (Å²) >= 11 is 0. The van der Waals surface area contributed by atoms with E-state index in [4.69, 9.17) is 0 Å². The topological polar surface area (TPSA) is 3.24 Å². The van der Waals surface area contributed by atoms with Gasteiger partial charge in [-0.2, -0.15) is 0 Å². The Hall–Kier alpha value is -2.09. The van der Waals surface area contributed by atoms with Crippen LogP contribution in [0.2, 0.25) is 0 Å². The summed E-state index contributed by atoms with van der Waals surface area (Å²) in [5.41, 5.74) is 3.16. The van der Waals surface area contributed by atoms with Gasteiger partial charge in [-0.15, -0.1) is 0 Å². The largest absolute Gasteiger partial charge is 0.369 e. The van der Waals surface area contributed by atoms with Gasteiger partial charge in [0.25, 0.3) is 0 Å². The highest BCUT2D eigenvalue weighted by Crippen LogP contribution is 2.32. The lowest BCUT2D eigenvalue weighted by Crippen LogP contribution is -2.34. The molecule has 2 aromatic rings. The predicted molar refractivity (Wildman–Crippen MR) is 86.8 cm³/mol. The van der Waals surface area contributed by atoms with E-state index in [-0.39, 0.29) is 5.82 Å². The van der Waals surface area contributed by atoms with E-state index in [1.807, 2.05) is 18.2 Å². The van der Waals surface area contributed by atoms with Crippen molar-refractivity contribution in [3.63, 3.8) is 0 Å². The van der Waals surface area contributed by atoms with Gasteiger partial charge in [0.05, 0.1) is 5.69 Å². The van der Waals surface area contributed by atoms with Crippen LogP contribution in [-0.2, 0) is 0 Å². The molecule has 0 aliphatic carbocycles. The maximum absolute atomic E-state index is 13.8. The molecule has 1 heterocycles. The number of hydrogen-bond donors (Lipinski definition) is 0. The number of rotatable bonds is 3. The summed E-state index contributed by atoms with van der Waals surface area (Å²) in [4.78, 5) is 2.14. The van der Waals surface area contributed by atoms with E-state index in [1.165, 1.54) is 17.2 Å². The van der Waals surface area contributed by atoms with Gasteiger partial charge in [-0.05, 0) is 42.0 Å². The lowest BCUT2D eigenvalue weighted by molar-refractivity contribution is 0.484. The Morgan fingerprint density at radius 2 is 1.57 bits per heavy atom. The number of hydrogen-bond acceptors (Lipinski definition) is 1. The molecular formula is C19H20FN. The van der Waals surface area contributed by atoms with Gasteiger partial charge in [-0.3, -0.25) is 0 Å². The molecule has 2 aromatic carbocycles. The van der Waals surface area contributed by atoms with Crippen molar-refractivity contribution in [2.24, 2.45) is 5.92 Å². The molecule has 0 spiro atoms. The number of piperidine rings is 1. The number of halogens is 1. The summed E-state index contributed by atoms with van der Waals surface area (Å²) in [6.45, 7) is 6.04. The first kappa shape index (κ1) is 13.9. The molecule has 0 bridgehead atoms. The Bertz CT molecular complexity index is 612. The third-order valence-corrected chi connectivity index (χ3v) is 4.33. The summed E-state index contributed by atoms with van der Waals surface area (Å²) in [6.07, 6.45) is 2.06. The number of allylic oxidation sites excluding steroid dienone is 1. The lowest BCUT2D eigenvalue weighted by atomic mass is 9.86. The fraction of sp³-hybridized carbons (Fsp3) is 0.263. The molecule has 0 saturated carbocycles. The SMILES string of the molecule is C=C(c1ccccc1)C1CCN(c2ccccc2F)CC1. The van der Waals surface area contributed by atoms with E-state index in [1.54, 1.807) is 6.07 Å². The normalized spacial score (nSPS) is 16.0. The monoisotopic (exact) mass is 281 g/mol. The summed E-state index contributed by atoms with van der Waals surface area (Å²) in [6, 6.07) is 17.4. The highest BCUT2D eigenvalue weighted by atomic mass is 19.1. The van der Waals surface area contributed by atoms with Crippen LogP contribution in [0.1, 0.15) is 18.4 Å². The molecule has 0 unspecified atom stereocenters. The second-order valence-electron chi connectivity index (χ2n) is 5.60. The molecule has 1 aliphatic rings. The number of nitrogens with zero attached hydrogens (tertiary/aromatic N) is 1. The fourth-order valence-electron chi connectivity index (χ4n) is 3.06. The molecule has 0 N–H and O–H groups in total. The molecule has 0 atom stereocenters. The van der Waals surface area contributed by atoms with Crippen LogP contribution in [-0.4, -0.2) is 13.1 Å². The van der Waals surface area contributed by atoms with Crippen molar-refractivity contribution in [1.29, 1.82) is 0 Å². The van der Waals surface area contributed by atoms with Crippen molar-refractivity contribution in [1.82, 2.24) is 0 Å². The second-order valence-corrected chi connectivity index (χ2v) is 5.60. The average molecular weight is 281 g/mol. The van der Waals surface area contributed by atoms with Gasteiger partial charge in [0.2, 0.25) is 0 Å². The molecule has 1 fully saturated rings. The van der Waals surface area contributed by atoms with Crippen LogP contribution in [0.5, 0.6) is 0 Å². The van der Waals surface area contributed by atoms with Crippen LogP contribution in [0, 0.1) is 11.7 Å². The van der Waals surface area contributed by atoms with Gasteiger partial charge in [-0.25, -0.2) is 4.39 Å². The molecule has 0 radical (unpaired) electrons. The standard InChI is InChI=1S/C19H20FN/c1-15(16-7-3-2-4-8-16)17-11-13-21(14-12-17)19-10-6-5-9-18(19)20/h2-10,17H,1,11-14H2. The maximum Gasteiger partial charge on any atom is 0.146 e. The predicted octanol–water partition coefficient (Wildman–Crippen LogP) is 4.76. The first-order valence-electron chi connectivity index (χ1n) is 7.49. The third-order valence-electron chi connectivity index (χ3n) is 4.33. The van der Waals surface area contributed by atoms with Gasteiger partial charge in [-0.1, -0.05) is 49.0 Å². The minimum Gasteiger partial charge on any atom is -0.369 e. The van der Waals surface area contributed by atoms with Gasteiger partial charge in [0.1, 0.15) is 5.82 Å². The van der Waals surface area contributed by atoms with Crippen LogP contribution in [0.4, 0.5) is 10.1 Å². The van der Waals surface area contributed by atoms with Gasteiger partial charge in [0, 0.05) is 13.1 Å². The molecule has 108 valence electrons. The molecule has 1 aliphatic heterocycles. The molecule has 2 heteroatoms. The third kappa shape index (κ3) is 2.99. The van der Waals surface area contributed by atoms with Gasteiger partial charge in [0.15, 0.2) is 0 Å². The Morgan fingerprint density at radius 1 is 0.952 bits per heavy atom. The Labute approximate surface area is 125 Å². The first-order valence-corrected chi connectivity index (χ1v) is 7.49. The number of benzene rings is 2. The maximum atomic E-state index is 13.8. The number of anilines is 1. The minimum atomic E-state index is -0.127. The molecule has 1 saturated heterocycles. The van der Waals surface area contributed by atoms with Crippen molar-refractivity contribution >= 4 is 11.3 Å². The van der Waals surface area contributed by atoms with Crippen LogP contribution in [0.3, 0.4) is 0 Å². The van der Waals surface area contributed by atoms with Crippen molar-refractivity contribution in [3.05, 3.63) is 72.6 Å². The van der Waals surface area contributed by atoms with Crippen molar-refractivity contribution in [2.45, 2.75) is 12.8 Å². The highest BCUT2D eigenvalue weighted by molar-refractivity contribution is 5.65. The van der Waals surface area contributed by atoms with E-state index in [2.05, 4.69) is 35.7 Å². The molecule has 3 rings (SSSR count). The Kier molecular flexibility index (Phi) is 4.05. The average Bonchev–Trinajstić information content (AvgIpc) is 2.56. The summed E-state index contributed by atoms with van der Waals surface area (Å²) in [7, 11) is 0. The zero-order chi connectivity index (χ0) is 14.7. The smallest absolute Gasteiger partial charge is 0.146 e. The lowest BCUT2D eigenvalue weighted by Gasteiger charge is -2.34. The van der Waals surface area contributed by atoms with Crippen molar-refractivity contribution in [2.75, 3.05) is 18.0 Å². The van der Waals surface area contributed by atoms with Crippen LogP contribution >= 0.6 is 0 Å². The first-order chi connectivity index (χ1) is 10.3. The van der Waals surface area contributed by atoms with Crippen molar-refractivity contribution in [3.8, 4) is 0 Å². The zero-order valence-electron chi connectivity index (χ0n) is 12.1. The molecule has 0 amide bonds. The summed E-state index contributed by atoms with van der Waals surface area (Å²) < 4.78 is 13.8. The molecular weight excluding hydrogens is 261 g/mol. The van der Waals surface area contributed by atoms with E-state index in [9.17, 15) is 4.39 Å². The van der Waals surface area contributed by atoms with Crippen LogP contribution < -0.4 is 4.90 Å². The summed E-state index contributed by atoms with van der Waals surface area (Å²) in [5.74, 6) is 0.369. The minimum absolute atomic E-state index is 0.127. The number of para-hydroxylation sites is 1. The summed E-state index contributed by atoms with van der Waals surface area (Å²) in [5, 5.41) is 0. The quantitative estimate of drug-likeness (QED) is 0.784. The molecule has 21 heavy (non-hydrogen) atoms. The van der Waals surface area contributed by atoms with Gasteiger partial charge >= 0.3 is 0 Å². The zero-order valence-corrected chi connectivity index (χ0v) is 12.1. The van der Waals surface area contributed by atoms with E-state index >= 15 is 0 Å². The van der Waals surface area contributed by atoms with E-state index in [0.29, 0.717) is 5.92 Å². The fourth-order valence-corrected chi connectivity index (χ4v) is 3.06. The van der Waals surface area contributed by atoms with E-state index in [0.717, 1.165) is 31.6 Å². The molecule has 1 nitrogen and oxygen atoms in total. The van der Waals surface area contributed by atoms with Crippen LogP contribution in [0.15, 0.2) is 61.2 Å². The Morgan fingerprint density at radius 3 is 2.24 bits per heavy atom.